The summed E-state index contributed by atoms with van der Waals surface area (Å²) < 4.78 is 0. The smallest absolute Gasteiger partial charge is 0.0170 e. The van der Waals surface area contributed by atoms with E-state index in [1.807, 2.05) is 0 Å². The molecule has 1 aliphatic rings. The van der Waals surface area contributed by atoms with Crippen molar-refractivity contribution in [2.45, 2.75) is 52.0 Å². The number of hydrogen-bond donors (Lipinski definition) is 1. The standard InChI is InChI=1S/C17H25N/c1-4-14(12-18-13(2)3)11-16-7-5-6-8-17(16)15-9-10-15/h5-8,11,13,15,18H,4,9-10,12H2,1-3H3. The van der Waals surface area contributed by atoms with Crippen LogP contribution in [0.25, 0.3) is 6.08 Å². The highest BCUT2D eigenvalue weighted by Crippen LogP contribution is 2.42. The van der Waals surface area contributed by atoms with Crippen molar-refractivity contribution < 1.29 is 0 Å². The lowest BCUT2D eigenvalue weighted by atomic mass is 10.00. The topological polar surface area (TPSA) is 12.0 Å². The number of benzene rings is 1. The van der Waals surface area contributed by atoms with Crippen LogP contribution in [0.1, 0.15) is 57.1 Å². The van der Waals surface area contributed by atoms with E-state index in [1.54, 1.807) is 5.56 Å². The maximum absolute atomic E-state index is 3.51. The third kappa shape index (κ3) is 3.71. The molecule has 0 heterocycles. The van der Waals surface area contributed by atoms with Crippen LogP contribution >= 0.6 is 0 Å². The third-order valence-electron chi connectivity index (χ3n) is 3.56. The van der Waals surface area contributed by atoms with E-state index in [2.05, 4.69) is 56.4 Å². The van der Waals surface area contributed by atoms with Gasteiger partial charge in [0, 0.05) is 12.6 Å². The van der Waals surface area contributed by atoms with Gasteiger partial charge in [-0.25, -0.2) is 0 Å². The van der Waals surface area contributed by atoms with E-state index in [0.717, 1.165) is 18.9 Å². The molecule has 0 aliphatic heterocycles. The molecule has 1 fully saturated rings. The lowest BCUT2D eigenvalue weighted by Gasteiger charge is -2.11. The van der Waals surface area contributed by atoms with Crippen molar-refractivity contribution in [2.75, 3.05) is 6.54 Å². The summed E-state index contributed by atoms with van der Waals surface area (Å²) >= 11 is 0. The molecule has 0 aromatic heterocycles. The first-order valence-electron chi connectivity index (χ1n) is 7.22. The minimum absolute atomic E-state index is 0.554. The quantitative estimate of drug-likeness (QED) is 0.783. The molecule has 0 amide bonds. The number of hydrogen-bond acceptors (Lipinski definition) is 1. The Kier molecular flexibility index (Phi) is 4.60. The Hall–Kier alpha value is -1.08. The van der Waals surface area contributed by atoms with Gasteiger partial charge < -0.3 is 5.32 Å². The van der Waals surface area contributed by atoms with E-state index < -0.39 is 0 Å². The van der Waals surface area contributed by atoms with E-state index in [1.165, 1.54) is 24.0 Å². The van der Waals surface area contributed by atoms with Gasteiger partial charge in [0.25, 0.3) is 0 Å². The van der Waals surface area contributed by atoms with Crippen LogP contribution in [0.15, 0.2) is 29.8 Å². The molecule has 1 heteroatoms. The summed E-state index contributed by atoms with van der Waals surface area (Å²) in [6.07, 6.45) is 6.26. The second-order valence-corrected chi connectivity index (χ2v) is 5.59. The summed E-state index contributed by atoms with van der Waals surface area (Å²) in [5, 5.41) is 3.51. The minimum atomic E-state index is 0.554. The van der Waals surface area contributed by atoms with Crippen LogP contribution in [0.3, 0.4) is 0 Å². The Balaban J connectivity index is 2.13. The molecule has 1 N–H and O–H groups in total. The Morgan fingerprint density at radius 1 is 1.33 bits per heavy atom. The monoisotopic (exact) mass is 243 g/mol. The van der Waals surface area contributed by atoms with E-state index in [4.69, 9.17) is 0 Å². The fourth-order valence-electron chi connectivity index (χ4n) is 2.24. The van der Waals surface area contributed by atoms with Crippen LogP contribution < -0.4 is 5.32 Å². The molecule has 0 bridgehead atoms. The van der Waals surface area contributed by atoms with Gasteiger partial charge >= 0.3 is 0 Å². The molecule has 1 aromatic carbocycles. The van der Waals surface area contributed by atoms with Gasteiger partial charge in [0.15, 0.2) is 0 Å². The van der Waals surface area contributed by atoms with Crippen molar-refractivity contribution in [2.24, 2.45) is 0 Å². The highest BCUT2D eigenvalue weighted by Gasteiger charge is 2.24. The lowest BCUT2D eigenvalue weighted by Crippen LogP contribution is -2.24. The first kappa shape index (κ1) is 13.4. The molecule has 0 atom stereocenters. The van der Waals surface area contributed by atoms with Gasteiger partial charge in [0.2, 0.25) is 0 Å². The zero-order valence-corrected chi connectivity index (χ0v) is 11.9. The Bertz CT molecular complexity index is 413. The molecule has 1 saturated carbocycles. The van der Waals surface area contributed by atoms with Crippen molar-refractivity contribution in [3.63, 3.8) is 0 Å². The second-order valence-electron chi connectivity index (χ2n) is 5.59. The molecule has 98 valence electrons. The molecule has 0 unspecified atom stereocenters. The van der Waals surface area contributed by atoms with Crippen LogP contribution in [0.4, 0.5) is 0 Å². The molecule has 18 heavy (non-hydrogen) atoms. The normalized spacial score (nSPS) is 16.3. The van der Waals surface area contributed by atoms with E-state index >= 15 is 0 Å². The Labute approximate surface area is 111 Å². The van der Waals surface area contributed by atoms with Gasteiger partial charge in [-0.05, 0) is 36.3 Å². The second kappa shape index (κ2) is 6.19. The third-order valence-corrected chi connectivity index (χ3v) is 3.56. The molecular weight excluding hydrogens is 218 g/mol. The predicted molar refractivity (Wildman–Crippen MR) is 79.8 cm³/mol. The van der Waals surface area contributed by atoms with Crippen LogP contribution in [-0.2, 0) is 0 Å². The predicted octanol–water partition coefficient (Wildman–Crippen LogP) is 4.36. The van der Waals surface area contributed by atoms with Gasteiger partial charge in [-0.2, -0.15) is 0 Å². The molecule has 2 rings (SSSR count). The summed E-state index contributed by atoms with van der Waals surface area (Å²) in [4.78, 5) is 0. The van der Waals surface area contributed by atoms with E-state index in [-0.39, 0.29) is 0 Å². The van der Waals surface area contributed by atoms with Crippen LogP contribution in [0, 0.1) is 0 Å². The van der Waals surface area contributed by atoms with Crippen LogP contribution in [-0.4, -0.2) is 12.6 Å². The summed E-state index contributed by atoms with van der Waals surface area (Å²) in [7, 11) is 0. The largest absolute Gasteiger partial charge is 0.311 e. The van der Waals surface area contributed by atoms with Crippen molar-refractivity contribution >= 4 is 6.08 Å². The van der Waals surface area contributed by atoms with Crippen molar-refractivity contribution in [1.82, 2.24) is 5.32 Å². The fraction of sp³-hybridized carbons (Fsp3) is 0.529. The fourth-order valence-corrected chi connectivity index (χ4v) is 2.24. The first-order chi connectivity index (χ1) is 8.70. The molecule has 1 aromatic rings. The van der Waals surface area contributed by atoms with Crippen molar-refractivity contribution in [3.8, 4) is 0 Å². The van der Waals surface area contributed by atoms with Gasteiger partial charge in [-0.15, -0.1) is 0 Å². The Morgan fingerprint density at radius 2 is 2.06 bits per heavy atom. The van der Waals surface area contributed by atoms with Gasteiger partial charge in [0.1, 0.15) is 0 Å². The maximum atomic E-state index is 3.51. The molecule has 0 saturated heterocycles. The van der Waals surface area contributed by atoms with Gasteiger partial charge in [-0.1, -0.05) is 56.7 Å². The maximum Gasteiger partial charge on any atom is 0.0170 e. The van der Waals surface area contributed by atoms with E-state index in [0.29, 0.717) is 6.04 Å². The zero-order valence-electron chi connectivity index (χ0n) is 11.9. The van der Waals surface area contributed by atoms with Crippen molar-refractivity contribution in [3.05, 3.63) is 41.0 Å². The Morgan fingerprint density at radius 3 is 2.67 bits per heavy atom. The minimum Gasteiger partial charge on any atom is -0.311 e. The summed E-state index contributed by atoms with van der Waals surface area (Å²) in [5.41, 5.74) is 4.48. The van der Waals surface area contributed by atoms with Crippen LogP contribution in [0.2, 0.25) is 0 Å². The molecule has 0 spiro atoms. The SMILES string of the molecule is CCC(=Cc1ccccc1C1CC1)CNC(C)C. The van der Waals surface area contributed by atoms with E-state index in [9.17, 15) is 0 Å². The molecule has 0 radical (unpaired) electrons. The highest BCUT2D eigenvalue weighted by atomic mass is 14.9. The first-order valence-corrected chi connectivity index (χ1v) is 7.22. The average Bonchev–Trinajstić information content (AvgIpc) is 3.19. The summed E-state index contributed by atoms with van der Waals surface area (Å²) in [5.74, 6) is 0.827. The van der Waals surface area contributed by atoms with Crippen molar-refractivity contribution in [1.29, 1.82) is 0 Å². The summed E-state index contributed by atoms with van der Waals surface area (Å²) in [6, 6.07) is 9.44. The zero-order chi connectivity index (χ0) is 13.0. The number of rotatable bonds is 6. The number of nitrogens with one attached hydrogen (secondary N) is 1. The van der Waals surface area contributed by atoms with Gasteiger partial charge in [-0.3, -0.25) is 0 Å². The molecule has 1 aliphatic carbocycles. The highest BCUT2D eigenvalue weighted by molar-refractivity contribution is 5.58. The lowest BCUT2D eigenvalue weighted by molar-refractivity contribution is 0.617. The van der Waals surface area contributed by atoms with Gasteiger partial charge in [0.05, 0.1) is 0 Å². The van der Waals surface area contributed by atoms with Crippen LogP contribution in [0.5, 0.6) is 0 Å². The summed E-state index contributed by atoms with van der Waals surface area (Å²) in [6.45, 7) is 7.65. The average molecular weight is 243 g/mol. The molecule has 1 nitrogen and oxygen atoms in total. The molecular formula is C17H25N.